The summed E-state index contributed by atoms with van der Waals surface area (Å²) in [6, 6.07) is 13.7. The van der Waals surface area contributed by atoms with Gasteiger partial charge in [-0.05, 0) is 36.6 Å². The standard InChI is InChI=1S/C19H21N3O3/c1-3-13-8-10-14(11-9-13)12(2)21-18(24)19(25)22-16-7-5-4-6-15(16)17(20)23/h4-12H,3H2,1-2H3,(H2,20,23)(H,21,24)(H,22,25). The van der Waals surface area contributed by atoms with Gasteiger partial charge in [0.2, 0.25) is 0 Å². The summed E-state index contributed by atoms with van der Waals surface area (Å²) in [5.41, 5.74) is 7.70. The largest absolute Gasteiger partial charge is 0.366 e. The number of aryl methyl sites for hydroxylation is 1. The van der Waals surface area contributed by atoms with Gasteiger partial charge in [0.25, 0.3) is 5.91 Å². The van der Waals surface area contributed by atoms with Crippen LogP contribution in [-0.4, -0.2) is 17.7 Å². The molecule has 0 aliphatic heterocycles. The molecule has 6 heteroatoms. The van der Waals surface area contributed by atoms with Gasteiger partial charge in [0, 0.05) is 0 Å². The predicted octanol–water partition coefficient (Wildman–Crippen LogP) is 2.16. The Balaban J connectivity index is 2.02. The molecule has 0 bridgehead atoms. The molecule has 0 fully saturated rings. The van der Waals surface area contributed by atoms with Gasteiger partial charge in [-0.3, -0.25) is 14.4 Å². The fourth-order valence-electron chi connectivity index (χ4n) is 2.37. The van der Waals surface area contributed by atoms with E-state index >= 15 is 0 Å². The summed E-state index contributed by atoms with van der Waals surface area (Å²) < 4.78 is 0. The van der Waals surface area contributed by atoms with Crippen molar-refractivity contribution in [1.29, 1.82) is 0 Å². The molecule has 0 radical (unpaired) electrons. The summed E-state index contributed by atoms with van der Waals surface area (Å²) >= 11 is 0. The molecule has 25 heavy (non-hydrogen) atoms. The van der Waals surface area contributed by atoms with Gasteiger partial charge >= 0.3 is 11.8 Å². The molecule has 0 saturated carbocycles. The van der Waals surface area contributed by atoms with Gasteiger partial charge in [-0.1, -0.05) is 43.3 Å². The Hall–Kier alpha value is -3.15. The predicted molar refractivity (Wildman–Crippen MR) is 96.0 cm³/mol. The number of nitrogens with two attached hydrogens (primary N) is 1. The lowest BCUT2D eigenvalue weighted by Gasteiger charge is -2.15. The van der Waals surface area contributed by atoms with Crippen LogP contribution in [0.25, 0.3) is 0 Å². The van der Waals surface area contributed by atoms with E-state index in [9.17, 15) is 14.4 Å². The van der Waals surface area contributed by atoms with Crippen LogP contribution in [0.4, 0.5) is 5.69 Å². The molecule has 6 nitrogen and oxygen atoms in total. The van der Waals surface area contributed by atoms with E-state index in [1.165, 1.54) is 17.7 Å². The molecule has 0 spiro atoms. The molecule has 2 rings (SSSR count). The number of carbonyl (C=O) groups excluding carboxylic acids is 3. The molecule has 0 aromatic heterocycles. The van der Waals surface area contributed by atoms with Crippen molar-refractivity contribution in [2.45, 2.75) is 26.3 Å². The van der Waals surface area contributed by atoms with Crippen LogP contribution in [-0.2, 0) is 16.0 Å². The molecule has 1 atom stereocenters. The number of hydrogen-bond acceptors (Lipinski definition) is 3. The SMILES string of the molecule is CCc1ccc(C(C)NC(=O)C(=O)Nc2ccccc2C(N)=O)cc1. The number of benzene rings is 2. The van der Waals surface area contributed by atoms with Crippen molar-refractivity contribution in [2.75, 3.05) is 5.32 Å². The van der Waals surface area contributed by atoms with Gasteiger partial charge in [-0.2, -0.15) is 0 Å². The zero-order valence-corrected chi connectivity index (χ0v) is 14.2. The Bertz CT molecular complexity index is 785. The van der Waals surface area contributed by atoms with E-state index in [2.05, 4.69) is 17.6 Å². The molecule has 1 unspecified atom stereocenters. The Morgan fingerprint density at radius 1 is 1.00 bits per heavy atom. The van der Waals surface area contributed by atoms with E-state index in [1.54, 1.807) is 19.1 Å². The molecule has 0 aliphatic carbocycles. The van der Waals surface area contributed by atoms with Crippen LogP contribution in [0, 0.1) is 0 Å². The summed E-state index contributed by atoms with van der Waals surface area (Å²) in [5, 5.41) is 5.05. The van der Waals surface area contributed by atoms with Crippen LogP contribution in [0.15, 0.2) is 48.5 Å². The van der Waals surface area contributed by atoms with E-state index in [-0.39, 0.29) is 17.3 Å². The Labute approximate surface area is 146 Å². The lowest BCUT2D eigenvalue weighted by molar-refractivity contribution is -0.136. The molecule has 0 heterocycles. The summed E-state index contributed by atoms with van der Waals surface area (Å²) in [5.74, 6) is -2.32. The van der Waals surface area contributed by atoms with E-state index in [0.29, 0.717) is 0 Å². The van der Waals surface area contributed by atoms with Crippen molar-refractivity contribution < 1.29 is 14.4 Å². The van der Waals surface area contributed by atoms with Crippen LogP contribution in [0.3, 0.4) is 0 Å². The van der Waals surface area contributed by atoms with Gasteiger partial charge in [-0.25, -0.2) is 0 Å². The summed E-state index contributed by atoms with van der Waals surface area (Å²) in [6.45, 7) is 3.86. The molecule has 130 valence electrons. The number of hydrogen-bond donors (Lipinski definition) is 3. The third-order valence-corrected chi connectivity index (χ3v) is 3.88. The van der Waals surface area contributed by atoms with E-state index in [0.717, 1.165) is 12.0 Å². The number of para-hydroxylation sites is 1. The first kappa shape index (κ1) is 18.2. The first-order chi connectivity index (χ1) is 11.9. The highest BCUT2D eigenvalue weighted by molar-refractivity contribution is 6.40. The zero-order chi connectivity index (χ0) is 18.4. The lowest BCUT2D eigenvalue weighted by atomic mass is 10.0. The van der Waals surface area contributed by atoms with Gasteiger partial charge < -0.3 is 16.4 Å². The molecule has 0 saturated heterocycles. The zero-order valence-electron chi connectivity index (χ0n) is 14.2. The number of primary amides is 1. The maximum atomic E-state index is 12.1. The molecule has 3 amide bonds. The smallest absolute Gasteiger partial charge is 0.313 e. The number of amides is 3. The monoisotopic (exact) mass is 339 g/mol. The molecular formula is C19H21N3O3. The normalized spacial score (nSPS) is 11.4. The number of rotatable bonds is 5. The highest BCUT2D eigenvalue weighted by Gasteiger charge is 2.19. The molecular weight excluding hydrogens is 318 g/mol. The molecule has 4 N–H and O–H groups in total. The van der Waals surface area contributed by atoms with E-state index < -0.39 is 17.7 Å². The third-order valence-electron chi connectivity index (χ3n) is 3.88. The fourth-order valence-corrected chi connectivity index (χ4v) is 2.37. The van der Waals surface area contributed by atoms with Crippen molar-refractivity contribution in [1.82, 2.24) is 5.32 Å². The second-order valence-electron chi connectivity index (χ2n) is 5.65. The third kappa shape index (κ3) is 4.67. The van der Waals surface area contributed by atoms with Gasteiger partial charge in [0.1, 0.15) is 0 Å². The van der Waals surface area contributed by atoms with Crippen molar-refractivity contribution in [3.05, 3.63) is 65.2 Å². The fraction of sp³-hybridized carbons (Fsp3) is 0.211. The number of anilines is 1. The number of nitrogens with one attached hydrogen (secondary N) is 2. The van der Waals surface area contributed by atoms with Crippen LogP contribution in [0.5, 0.6) is 0 Å². The average molecular weight is 339 g/mol. The van der Waals surface area contributed by atoms with Crippen molar-refractivity contribution in [2.24, 2.45) is 5.73 Å². The van der Waals surface area contributed by atoms with Gasteiger partial charge in [0.15, 0.2) is 0 Å². The highest BCUT2D eigenvalue weighted by Crippen LogP contribution is 2.15. The summed E-state index contributed by atoms with van der Waals surface area (Å²) in [6.07, 6.45) is 0.933. The minimum Gasteiger partial charge on any atom is -0.366 e. The van der Waals surface area contributed by atoms with Crippen molar-refractivity contribution >= 4 is 23.4 Å². The van der Waals surface area contributed by atoms with E-state index in [1.807, 2.05) is 24.3 Å². The lowest BCUT2D eigenvalue weighted by Crippen LogP contribution is -2.37. The van der Waals surface area contributed by atoms with Crippen LogP contribution < -0.4 is 16.4 Å². The summed E-state index contributed by atoms with van der Waals surface area (Å²) in [7, 11) is 0. The van der Waals surface area contributed by atoms with Crippen LogP contribution in [0.2, 0.25) is 0 Å². The quantitative estimate of drug-likeness (QED) is 0.728. The Morgan fingerprint density at radius 2 is 1.64 bits per heavy atom. The maximum Gasteiger partial charge on any atom is 0.313 e. The molecule has 0 aliphatic rings. The van der Waals surface area contributed by atoms with Gasteiger partial charge in [0.05, 0.1) is 17.3 Å². The summed E-state index contributed by atoms with van der Waals surface area (Å²) in [4.78, 5) is 35.5. The molecule has 2 aromatic rings. The minimum atomic E-state index is -0.856. The number of carbonyl (C=O) groups is 3. The van der Waals surface area contributed by atoms with Crippen molar-refractivity contribution in [3.8, 4) is 0 Å². The average Bonchev–Trinajstić information content (AvgIpc) is 2.61. The minimum absolute atomic E-state index is 0.145. The molecule has 2 aromatic carbocycles. The van der Waals surface area contributed by atoms with E-state index in [4.69, 9.17) is 5.73 Å². The topological polar surface area (TPSA) is 101 Å². The highest BCUT2D eigenvalue weighted by atomic mass is 16.2. The first-order valence-electron chi connectivity index (χ1n) is 8.02. The Kier molecular flexibility index (Phi) is 5.89. The maximum absolute atomic E-state index is 12.1. The second kappa shape index (κ2) is 8.10. The first-order valence-corrected chi connectivity index (χ1v) is 8.02. The van der Waals surface area contributed by atoms with Crippen molar-refractivity contribution in [3.63, 3.8) is 0 Å². The van der Waals surface area contributed by atoms with Gasteiger partial charge in [-0.15, -0.1) is 0 Å². The second-order valence-corrected chi connectivity index (χ2v) is 5.65. The van der Waals surface area contributed by atoms with Crippen LogP contribution in [0.1, 0.15) is 41.4 Å². The van der Waals surface area contributed by atoms with Crippen LogP contribution >= 0.6 is 0 Å². The Morgan fingerprint density at radius 3 is 2.24 bits per heavy atom.